The molecule has 8 heteroatoms. The molecule has 29 heavy (non-hydrogen) atoms. The Labute approximate surface area is 171 Å². The molecule has 2 aromatic heterocycles. The summed E-state index contributed by atoms with van der Waals surface area (Å²) in [5.74, 6) is 3.72. The van der Waals surface area contributed by atoms with Crippen LogP contribution in [0, 0.1) is 0 Å². The van der Waals surface area contributed by atoms with Gasteiger partial charge in [-0.05, 0) is 42.7 Å². The molecule has 7 nitrogen and oxygen atoms in total. The molecule has 0 fully saturated rings. The van der Waals surface area contributed by atoms with Crippen LogP contribution in [0.1, 0.15) is 0 Å². The van der Waals surface area contributed by atoms with Crippen LogP contribution in [-0.4, -0.2) is 46.1 Å². The van der Waals surface area contributed by atoms with Crippen LogP contribution in [-0.2, 0) is 0 Å². The molecule has 3 heterocycles. The van der Waals surface area contributed by atoms with Crippen LogP contribution in [0.5, 0.6) is 17.2 Å². The highest BCUT2D eigenvalue weighted by Gasteiger charge is 2.19. The van der Waals surface area contributed by atoms with Crippen molar-refractivity contribution in [2.24, 2.45) is 0 Å². The van der Waals surface area contributed by atoms with Gasteiger partial charge in [0.25, 0.3) is 0 Å². The van der Waals surface area contributed by atoms with E-state index in [0.717, 1.165) is 45.5 Å². The summed E-state index contributed by atoms with van der Waals surface area (Å²) in [6.45, 7) is 1.09. The number of methoxy groups -OCH3 is 1. The van der Waals surface area contributed by atoms with Crippen LogP contribution < -0.4 is 14.2 Å². The Hall–Kier alpha value is -3.26. The second-order valence-electron chi connectivity index (χ2n) is 6.39. The fourth-order valence-corrected chi connectivity index (χ4v) is 3.70. The van der Waals surface area contributed by atoms with Gasteiger partial charge in [0.2, 0.25) is 0 Å². The van der Waals surface area contributed by atoms with Gasteiger partial charge in [-0.15, -0.1) is 0 Å². The Morgan fingerprint density at radius 2 is 1.86 bits per heavy atom. The van der Waals surface area contributed by atoms with Gasteiger partial charge in [-0.1, -0.05) is 11.8 Å². The van der Waals surface area contributed by atoms with Crippen LogP contribution in [0.2, 0.25) is 0 Å². The Kier molecular flexibility index (Phi) is 4.48. The van der Waals surface area contributed by atoms with E-state index in [1.807, 2.05) is 53.3 Å². The van der Waals surface area contributed by atoms with Crippen molar-refractivity contribution in [1.82, 2.24) is 19.5 Å². The van der Waals surface area contributed by atoms with Crippen molar-refractivity contribution in [2.45, 2.75) is 5.16 Å². The third-order valence-corrected chi connectivity index (χ3v) is 5.25. The highest BCUT2D eigenvalue weighted by molar-refractivity contribution is 7.98. The lowest BCUT2D eigenvalue weighted by Crippen LogP contribution is -2.15. The quantitative estimate of drug-likeness (QED) is 0.375. The molecule has 0 amide bonds. The van der Waals surface area contributed by atoms with E-state index in [9.17, 15) is 0 Å². The maximum Gasteiger partial charge on any atom is 0.189 e. The number of hydrogen-bond acceptors (Lipinski definition) is 7. The van der Waals surface area contributed by atoms with E-state index < -0.39 is 0 Å². The van der Waals surface area contributed by atoms with Gasteiger partial charge in [0, 0.05) is 17.8 Å². The first-order chi connectivity index (χ1) is 14.3. The maximum absolute atomic E-state index is 5.77. The number of aromatic nitrogens is 4. The predicted molar refractivity (Wildman–Crippen MR) is 111 cm³/mol. The molecule has 0 N–H and O–H groups in total. The molecular formula is C21H18N4O3S. The topological polar surface area (TPSA) is 71.3 Å². The van der Waals surface area contributed by atoms with E-state index in [4.69, 9.17) is 24.2 Å². The van der Waals surface area contributed by atoms with Gasteiger partial charge in [-0.25, -0.2) is 15.0 Å². The second kappa shape index (κ2) is 7.29. The molecule has 1 aliphatic heterocycles. The number of nitrogens with zero attached hydrogens (tertiary/aromatic N) is 4. The molecule has 0 aliphatic carbocycles. The fourth-order valence-electron chi connectivity index (χ4n) is 3.34. The fraction of sp³-hybridized carbons (Fsp3) is 0.190. The van der Waals surface area contributed by atoms with E-state index in [0.29, 0.717) is 18.4 Å². The zero-order valence-electron chi connectivity index (χ0n) is 16.0. The summed E-state index contributed by atoms with van der Waals surface area (Å²) in [6, 6.07) is 13.6. The first-order valence-corrected chi connectivity index (χ1v) is 10.3. The minimum Gasteiger partial charge on any atom is -0.497 e. The highest BCUT2D eigenvalue weighted by atomic mass is 32.2. The molecule has 0 radical (unpaired) electrons. The standard InChI is InChI=1S/C21H18N4O3S/c1-26-14-4-5-15-16(12-14)25(19-7-8-22-21(24-19)29-2)20(23-15)13-3-6-17-18(11-13)28-10-9-27-17/h3-8,11-12H,9-10H2,1-2H3. The first kappa shape index (κ1) is 17.8. The Morgan fingerprint density at radius 3 is 2.69 bits per heavy atom. The lowest BCUT2D eigenvalue weighted by atomic mass is 10.2. The molecule has 2 aromatic carbocycles. The minimum absolute atomic E-state index is 0.535. The van der Waals surface area contributed by atoms with Crippen LogP contribution in [0.3, 0.4) is 0 Å². The van der Waals surface area contributed by atoms with Crippen molar-refractivity contribution in [3.8, 4) is 34.5 Å². The summed E-state index contributed by atoms with van der Waals surface area (Å²) < 4.78 is 18.9. The van der Waals surface area contributed by atoms with Gasteiger partial charge >= 0.3 is 0 Å². The number of thioether (sulfide) groups is 1. The summed E-state index contributed by atoms with van der Waals surface area (Å²) in [7, 11) is 1.65. The van der Waals surface area contributed by atoms with E-state index >= 15 is 0 Å². The van der Waals surface area contributed by atoms with E-state index in [2.05, 4.69) is 4.98 Å². The number of hydrogen-bond donors (Lipinski definition) is 0. The van der Waals surface area contributed by atoms with Crippen molar-refractivity contribution < 1.29 is 14.2 Å². The molecular weight excluding hydrogens is 388 g/mol. The molecule has 4 aromatic rings. The summed E-state index contributed by atoms with van der Waals surface area (Å²) in [4.78, 5) is 13.9. The van der Waals surface area contributed by atoms with E-state index in [1.165, 1.54) is 11.8 Å². The number of imidazole rings is 1. The molecule has 0 bridgehead atoms. The Balaban J connectivity index is 1.76. The molecule has 146 valence electrons. The number of rotatable bonds is 4. The Bertz CT molecular complexity index is 1210. The largest absolute Gasteiger partial charge is 0.497 e. The van der Waals surface area contributed by atoms with Crippen LogP contribution in [0.15, 0.2) is 53.8 Å². The average Bonchev–Trinajstić information content (AvgIpc) is 3.17. The average molecular weight is 406 g/mol. The van der Waals surface area contributed by atoms with Gasteiger partial charge in [-0.3, -0.25) is 4.57 Å². The molecule has 0 saturated carbocycles. The van der Waals surface area contributed by atoms with Crippen LogP contribution >= 0.6 is 11.8 Å². The van der Waals surface area contributed by atoms with Crippen molar-refractivity contribution in [3.63, 3.8) is 0 Å². The second-order valence-corrected chi connectivity index (χ2v) is 7.16. The van der Waals surface area contributed by atoms with Gasteiger partial charge in [0.05, 0.1) is 18.1 Å². The number of ether oxygens (including phenoxy) is 3. The number of fused-ring (bicyclic) bond motifs is 2. The SMILES string of the molecule is COc1ccc2nc(-c3ccc4c(c3)OCCO4)n(-c3ccnc(SC)n3)c2c1. The van der Waals surface area contributed by atoms with Crippen molar-refractivity contribution in [2.75, 3.05) is 26.6 Å². The predicted octanol–water partition coefficient (Wildman–Crippen LogP) is 3.98. The van der Waals surface area contributed by atoms with Crippen molar-refractivity contribution in [1.29, 1.82) is 0 Å². The first-order valence-electron chi connectivity index (χ1n) is 9.11. The number of benzene rings is 2. The van der Waals surface area contributed by atoms with Gasteiger partial charge in [0.1, 0.15) is 30.6 Å². The third-order valence-electron chi connectivity index (χ3n) is 4.69. The molecule has 0 saturated heterocycles. The summed E-state index contributed by atoms with van der Waals surface area (Å²) in [5.41, 5.74) is 2.66. The lowest BCUT2D eigenvalue weighted by Gasteiger charge is -2.19. The maximum atomic E-state index is 5.77. The smallest absolute Gasteiger partial charge is 0.189 e. The summed E-state index contributed by atoms with van der Waals surface area (Å²) in [5, 5.41) is 0.695. The lowest BCUT2D eigenvalue weighted by molar-refractivity contribution is 0.171. The molecule has 1 aliphatic rings. The summed E-state index contributed by atoms with van der Waals surface area (Å²) in [6.07, 6.45) is 3.71. The monoisotopic (exact) mass is 406 g/mol. The van der Waals surface area contributed by atoms with Crippen molar-refractivity contribution >= 4 is 22.8 Å². The molecule has 0 spiro atoms. The third kappa shape index (κ3) is 3.15. The minimum atomic E-state index is 0.535. The van der Waals surface area contributed by atoms with Gasteiger partial charge < -0.3 is 14.2 Å². The molecule has 5 rings (SSSR count). The van der Waals surface area contributed by atoms with Gasteiger partial charge in [0.15, 0.2) is 16.7 Å². The molecule has 0 unspecified atom stereocenters. The normalized spacial score (nSPS) is 12.9. The van der Waals surface area contributed by atoms with Crippen LogP contribution in [0.25, 0.3) is 28.2 Å². The van der Waals surface area contributed by atoms with Crippen LogP contribution in [0.4, 0.5) is 0 Å². The molecule has 0 atom stereocenters. The van der Waals surface area contributed by atoms with Crippen molar-refractivity contribution in [3.05, 3.63) is 48.7 Å². The van der Waals surface area contributed by atoms with Gasteiger partial charge in [-0.2, -0.15) is 0 Å². The highest BCUT2D eigenvalue weighted by Crippen LogP contribution is 2.36. The van der Waals surface area contributed by atoms with E-state index in [-0.39, 0.29) is 0 Å². The summed E-state index contributed by atoms with van der Waals surface area (Å²) >= 11 is 1.50. The van der Waals surface area contributed by atoms with E-state index in [1.54, 1.807) is 13.3 Å². The Morgan fingerprint density at radius 1 is 1.00 bits per heavy atom. The zero-order chi connectivity index (χ0) is 19.8. The zero-order valence-corrected chi connectivity index (χ0v) is 16.8.